The van der Waals surface area contributed by atoms with Crippen LogP contribution in [0.1, 0.15) is 103 Å². The molecule has 2 saturated carbocycles. The predicted molar refractivity (Wildman–Crippen MR) is 187 cm³/mol. The fraction of sp³-hybridized carbons (Fsp3) is 0.500. The summed E-state index contributed by atoms with van der Waals surface area (Å²) in [5, 5.41) is 1.70. The summed E-state index contributed by atoms with van der Waals surface area (Å²) in [6, 6.07) is 26.6. The number of halogens is 1. The van der Waals surface area contributed by atoms with Crippen LogP contribution < -0.4 is 10.0 Å². The van der Waals surface area contributed by atoms with E-state index in [0.29, 0.717) is 0 Å². The average Bonchev–Trinajstić information content (AvgIpc) is 3.01. The summed E-state index contributed by atoms with van der Waals surface area (Å²) in [6.45, 7) is 8.73. The average molecular weight is 701 g/mol. The molecule has 2 aliphatic carbocycles. The van der Waals surface area contributed by atoms with E-state index in [1.54, 1.807) is 5.30 Å². The SMILES string of the molecule is CCCc1ccccc1.Cc1cccc(OC(C)C)c1-c1ccccc1[PH+](C1CCCCC1)C1CCCCC1.[CH3-].[Cl][Pd+]. The van der Waals surface area contributed by atoms with E-state index in [1.165, 1.54) is 99.3 Å². The van der Waals surface area contributed by atoms with Crippen molar-refractivity contribution >= 4 is 22.8 Å². The van der Waals surface area contributed by atoms with Crippen LogP contribution in [0.15, 0.2) is 72.8 Å². The van der Waals surface area contributed by atoms with Crippen molar-refractivity contribution < 1.29 is 22.9 Å². The number of hydrogen-bond acceptors (Lipinski definition) is 1. The molecule has 0 atom stereocenters. The number of hydrogen-bond donors (Lipinski definition) is 0. The first-order chi connectivity index (χ1) is 20.1. The van der Waals surface area contributed by atoms with Crippen LogP contribution in [-0.4, -0.2) is 17.4 Å². The van der Waals surface area contributed by atoms with Crippen LogP contribution in [0.25, 0.3) is 11.1 Å². The Balaban J connectivity index is 0.000000437. The molecular formula is C38H55ClOPPd+. The number of ether oxygens (including phenoxy) is 1. The maximum atomic E-state index is 6.32. The third-order valence-corrected chi connectivity index (χ3v) is 12.5. The quantitative estimate of drug-likeness (QED) is 0.129. The minimum absolute atomic E-state index is 0. The molecular weight excluding hydrogens is 645 g/mol. The Labute approximate surface area is 274 Å². The first kappa shape index (κ1) is 37.0. The molecule has 2 fully saturated rings. The second-order valence-electron chi connectivity index (χ2n) is 12.0. The molecule has 0 radical (unpaired) electrons. The van der Waals surface area contributed by atoms with Crippen LogP contribution in [0.4, 0.5) is 0 Å². The Morgan fingerprint density at radius 2 is 1.31 bits per heavy atom. The monoisotopic (exact) mass is 699 g/mol. The van der Waals surface area contributed by atoms with Crippen LogP contribution in [0.2, 0.25) is 0 Å². The molecule has 0 amide bonds. The summed E-state index contributed by atoms with van der Waals surface area (Å²) in [6.07, 6.45) is 17.2. The van der Waals surface area contributed by atoms with Gasteiger partial charge in [0.2, 0.25) is 0 Å². The zero-order valence-corrected chi connectivity index (χ0v) is 30.1. The van der Waals surface area contributed by atoms with E-state index in [2.05, 4.69) is 128 Å². The van der Waals surface area contributed by atoms with Gasteiger partial charge in [0, 0.05) is 19.0 Å². The van der Waals surface area contributed by atoms with Crippen molar-refractivity contribution in [1.29, 1.82) is 0 Å². The van der Waals surface area contributed by atoms with Crippen LogP contribution in [-0.2, 0) is 24.6 Å². The van der Waals surface area contributed by atoms with Crippen molar-refractivity contribution in [3.05, 3.63) is 91.3 Å². The van der Waals surface area contributed by atoms with Crippen molar-refractivity contribution in [2.24, 2.45) is 0 Å². The first-order valence-corrected chi connectivity index (χ1v) is 19.6. The zero-order chi connectivity index (χ0) is 29.5. The number of rotatable bonds is 8. The van der Waals surface area contributed by atoms with Gasteiger partial charge in [0.15, 0.2) is 0 Å². The second-order valence-corrected chi connectivity index (χ2v) is 15.1. The summed E-state index contributed by atoms with van der Waals surface area (Å²) in [7, 11) is 3.87. The summed E-state index contributed by atoms with van der Waals surface area (Å²) < 4.78 is 6.32. The molecule has 0 bridgehead atoms. The molecule has 2 aliphatic rings. The second kappa shape index (κ2) is 20.7. The molecule has 0 heterocycles. The molecule has 1 nitrogen and oxygen atoms in total. The van der Waals surface area contributed by atoms with Gasteiger partial charge in [-0.2, -0.15) is 0 Å². The van der Waals surface area contributed by atoms with E-state index >= 15 is 0 Å². The van der Waals surface area contributed by atoms with Gasteiger partial charge in [-0.25, -0.2) is 0 Å². The number of benzene rings is 3. The third kappa shape index (κ3) is 11.1. The molecule has 0 unspecified atom stereocenters. The fourth-order valence-corrected chi connectivity index (χ4v) is 11.2. The Morgan fingerprint density at radius 1 is 0.762 bits per heavy atom. The Morgan fingerprint density at radius 3 is 1.86 bits per heavy atom. The summed E-state index contributed by atoms with van der Waals surface area (Å²) in [5.41, 5.74) is 7.50. The normalized spacial score (nSPS) is 15.6. The summed E-state index contributed by atoms with van der Waals surface area (Å²) in [5.74, 6) is 1.06. The summed E-state index contributed by atoms with van der Waals surface area (Å²) >= 11 is 2.22. The standard InChI is InChI=1S/C28H39OP.C9H12.CH3.ClH.Pd/c1-21(2)29-26-19-12-13-22(3)28(26)25-18-10-11-20-27(25)30(23-14-6-4-7-15-23)24-16-8-5-9-17-24;1-2-6-9-7-4-3-5-8-9;;;/h10-13,18-21,23-24H,4-9,14-17H2,1-3H3;3-5,7-8H,2,6H2,1H3;1H3;1H;/q;;-1;;+2. The van der Waals surface area contributed by atoms with Gasteiger partial charge in [0.1, 0.15) is 5.75 Å². The zero-order valence-electron chi connectivity index (χ0n) is 26.7. The molecule has 42 heavy (non-hydrogen) atoms. The van der Waals surface area contributed by atoms with Gasteiger partial charge in [-0.05, 0) is 102 Å². The van der Waals surface area contributed by atoms with Crippen LogP contribution in [0.5, 0.6) is 5.75 Å². The fourth-order valence-electron chi connectivity index (χ4n) is 6.82. The van der Waals surface area contributed by atoms with Gasteiger partial charge >= 0.3 is 27.7 Å². The Bertz CT molecular complexity index is 1100. The van der Waals surface area contributed by atoms with Gasteiger partial charge in [0.25, 0.3) is 0 Å². The van der Waals surface area contributed by atoms with Crippen LogP contribution in [0.3, 0.4) is 0 Å². The molecule has 0 spiro atoms. The maximum absolute atomic E-state index is 6.32. The molecule has 4 heteroatoms. The third-order valence-electron chi connectivity index (χ3n) is 8.58. The van der Waals surface area contributed by atoms with Crippen LogP contribution >= 0.6 is 17.5 Å². The van der Waals surface area contributed by atoms with Gasteiger partial charge in [-0.1, -0.05) is 86.8 Å². The van der Waals surface area contributed by atoms with Gasteiger partial charge < -0.3 is 12.2 Å². The van der Waals surface area contributed by atoms with Crippen molar-refractivity contribution in [3.8, 4) is 16.9 Å². The molecule has 0 aromatic heterocycles. The Kier molecular flexibility index (Phi) is 18.3. The summed E-state index contributed by atoms with van der Waals surface area (Å²) in [4.78, 5) is 0. The topological polar surface area (TPSA) is 9.23 Å². The molecule has 5 rings (SSSR count). The van der Waals surface area contributed by atoms with Gasteiger partial charge in [-0.3, -0.25) is 0 Å². The first-order valence-electron chi connectivity index (χ1n) is 16.0. The Hall–Kier alpha value is -1.16. The van der Waals surface area contributed by atoms with E-state index in [9.17, 15) is 0 Å². The van der Waals surface area contributed by atoms with E-state index < -0.39 is 7.92 Å². The number of aryl methyl sites for hydroxylation is 2. The molecule has 3 aromatic carbocycles. The molecule has 0 aliphatic heterocycles. The molecule has 0 saturated heterocycles. The van der Waals surface area contributed by atoms with E-state index in [-0.39, 0.29) is 13.5 Å². The van der Waals surface area contributed by atoms with Crippen molar-refractivity contribution in [1.82, 2.24) is 0 Å². The van der Waals surface area contributed by atoms with E-state index in [0.717, 1.165) is 17.1 Å². The predicted octanol–water partition coefficient (Wildman–Crippen LogP) is 11.7. The van der Waals surface area contributed by atoms with Crippen molar-refractivity contribution in [3.63, 3.8) is 0 Å². The molecule has 3 aromatic rings. The van der Waals surface area contributed by atoms with Crippen molar-refractivity contribution in [2.75, 3.05) is 0 Å². The van der Waals surface area contributed by atoms with E-state index in [4.69, 9.17) is 4.74 Å². The molecule has 0 N–H and O–H groups in total. The van der Waals surface area contributed by atoms with Crippen LogP contribution in [0, 0.1) is 14.4 Å². The van der Waals surface area contributed by atoms with Gasteiger partial charge in [-0.15, -0.1) is 0 Å². The molecule has 234 valence electrons. The van der Waals surface area contributed by atoms with Crippen molar-refractivity contribution in [2.45, 2.75) is 122 Å². The minimum atomic E-state index is -0.617. The van der Waals surface area contributed by atoms with Gasteiger partial charge in [0.05, 0.1) is 22.7 Å². The van der Waals surface area contributed by atoms with E-state index in [1.807, 2.05) is 0 Å².